The minimum absolute atomic E-state index is 0. The van der Waals surface area contributed by atoms with Gasteiger partial charge in [0.05, 0.1) is 19.4 Å². The van der Waals surface area contributed by atoms with E-state index in [0.29, 0.717) is 12.4 Å². The minimum atomic E-state index is -0.0566. The van der Waals surface area contributed by atoms with Crippen LogP contribution < -0.4 is 15.8 Å². The van der Waals surface area contributed by atoms with E-state index in [0.717, 1.165) is 29.8 Å². The van der Waals surface area contributed by atoms with E-state index in [9.17, 15) is 5.11 Å². The van der Waals surface area contributed by atoms with Crippen molar-refractivity contribution < 1.29 is 9.84 Å². The van der Waals surface area contributed by atoms with Crippen LogP contribution in [-0.2, 0) is 19.6 Å². The van der Waals surface area contributed by atoms with Crippen molar-refractivity contribution in [1.29, 1.82) is 0 Å². The third-order valence-electron chi connectivity index (χ3n) is 4.19. The molecule has 0 aliphatic carbocycles. The Morgan fingerprint density at radius 2 is 1.77 bits per heavy atom. The van der Waals surface area contributed by atoms with Gasteiger partial charge >= 0.3 is 0 Å². The molecule has 5 nitrogen and oxygen atoms in total. The van der Waals surface area contributed by atoms with Crippen molar-refractivity contribution in [2.75, 3.05) is 12.8 Å². The number of ether oxygens (including phenoxy) is 1. The molecule has 0 unspecified atom stereocenters. The fourth-order valence-corrected chi connectivity index (χ4v) is 2.50. The summed E-state index contributed by atoms with van der Waals surface area (Å²) in [6.45, 7) is 4.88. The summed E-state index contributed by atoms with van der Waals surface area (Å²) < 4.78 is 5.18. The first kappa shape index (κ1) is 24.5. The van der Waals surface area contributed by atoms with Crippen LogP contribution in [0.25, 0.3) is 0 Å². The average molecular weight is 402 g/mol. The number of nitrogens with zero attached hydrogens (tertiary/aromatic N) is 1. The van der Waals surface area contributed by atoms with Crippen molar-refractivity contribution in [3.05, 3.63) is 53.2 Å². The normalized spacial score (nSPS) is 10.6. The van der Waals surface area contributed by atoms with Crippen LogP contribution in [0.1, 0.15) is 37.1 Å². The predicted molar refractivity (Wildman–Crippen MR) is 111 cm³/mol. The number of rotatable bonds is 8. The van der Waals surface area contributed by atoms with Crippen molar-refractivity contribution in [3.63, 3.8) is 0 Å². The number of anilines is 1. The van der Waals surface area contributed by atoms with Crippen LogP contribution >= 0.6 is 24.8 Å². The molecule has 0 saturated heterocycles. The zero-order chi connectivity index (χ0) is 17.6. The lowest BCUT2D eigenvalue weighted by molar-refractivity contribution is 0.278. The average Bonchev–Trinajstić information content (AvgIpc) is 2.59. The molecule has 2 rings (SSSR count). The summed E-state index contributed by atoms with van der Waals surface area (Å²) in [6, 6.07) is 11.7. The lowest BCUT2D eigenvalue weighted by Crippen LogP contribution is -2.39. The highest BCUT2D eigenvalue weighted by Crippen LogP contribution is 2.18. The number of aryl methyl sites for hydroxylation is 1. The molecule has 146 valence electrons. The number of halogens is 2. The summed E-state index contributed by atoms with van der Waals surface area (Å²) in [5.74, 6) is 1.35. The zero-order valence-electron chi connectivity index (χ0n) is 15.5. The minimum Gasteiger partial charge on any atom is -0.497 e. The standard InChI is InChI=1S/C19H27N3O2.2ClH/c1-19(2,11-10-14-4-7-16(24-3)8-5-14)21-12-17-15(13-23)6-9-18(20)22-17;;/h4-9,21,23H,10-13H2,1-3H3,(H2,20,22);2*1H. The van der Waals surface area contributed by atoms with Crippen LogP contribution in [0.15, 0.2) is 36.4 Å². The molecule has 0 spiro atoms. The van der Waals surface area contributed by atoms with Crippen LogP contribution in [0.4, 0.5) is 5.82 Å². The summed E-state index contributed by atoms with van der Waals surface area (Å²) in [4.78, 5) is 4.33. The van der Waals surface area contributed by atoms with Gasteiger partial charge in [0.1, 0.15) is 11.6 Å². The molecule has 0 aliphatic rings. The number of methoxy groups -OCH3 is 1. The number of hydrogen-bond acceptors (Lipinski definition) is 5. The SMILES string of the molecule is COc1ccc(CCC(C)(C)NCc2nc(N)ccc2CO)cc1.Cl.Cl. The van der Waals surface area contributed by atoms with Gasteiger partial charge in [-0.15, -0.1) is 24.8 Å². The monoisotopic (exact) mass is 401 g/mol. The maximum Gasteiger partial charge on any atom is 0.123 e. The lowest BCUT2D eigenvalue weighted by Gasteiger charge is -2.27. The van der Waals surface area contributed by atoms with Gasteiger partial charge < -0.3 is 20.9 Å². The topological polar surface area (TPSA) is 80.4 Å². The Hall–Kier alpha value is -1.53. The van der Waals surface area contributed by atoms with Crippen LogP contribution in [0.5, 0.6) is 5.75 Å². The molecule has 0 radical (unpaired) electrons. The van der Waals surface area contributed by atoms with E-state index in [1.54, 1.807) is 13.2 Å². The lowest BCUT2D eigenvalue weighted by atomic mass is 9.95. The summed E-state index contributed by atoms with van der Waals surface area (Å²) in [5.41, 5.74) is 8.58. The number of nitrogens with one attached hydrogen (secondary N) is 1. The Morgan fingerprint density at radius 3 is 2.35 bits per heavy atom. The van der Waals surface area contributed by atoms with E-state index in [2.05, 4.69) is 36.3 Å². The highest BCUT2D eigenvalue weighted by atomic mass is 35.5. The number of nitrogens with two attached hydrogens (primary N) is 1. The van der Waals surface area contributed by atoms with Crippen LogP contribution in [0, 0.1) is 0 Å². The van der Waals surface area contributed by atoms with Crippen molar-refractivity contribution in [2.45, 2.75) is 45.4 Å². The van der Waals surface area contributed by atoms with Gasteiger partial charge in [0.25, 0.3) is 0 Å². The maximum atomic E-state index is 9.41. The number of nitrogen functional groups attached to an aromatic ring is 1. The number of benzene rings is 1. The van der Waals surface area contributed by atoms with E-state index >= 15 is 0 Å². The third-order valence-corrected chi connectivity index (χ3v) is 4.19. The van der Waals surface area contributed by atoms with Crippen molar-refractivity contribution in [3.8, 4) is 5.75 Å². The fraction of sp³-hybridized carbons (Fsp3) is 0.421. The maximum absolute atomic E-state index is 9.41. The fourth-order valence-electron chi connectivity index (χ4n) is 2.50. The first-order valence-corrected chi connectivity index (χ1v) is 8.16. The molecule has 0 atom stereocenters. The van der Waals surface area contributed by atoms with Crippen molar-refractivity contribution >= 4 is 30.6 Å². The Balaban J connectivity index is 0.00000312. The molecular weight excluding hydrogens is 373 g/mol. The second-order valence-corrected chi connectivity index (χ2v) is 6.59. The van der Waals surface area contributed by atoms with Gasteiger partial charge in [-0.05, 0) is 50.5 Å². The molecule has 0 aliphatic heterocycles. The summed E-state index contributed by atoms with van der Waals surface area (Å²) in [7, 11) is 1.67. The van der Waals surface area contributed by atoms with Gasteiger partial charge in [0.15, 0.2) is 0 Å². The van der Waals surface area contributed by atoms with E-state index in [1.165, 1.54) is 5.56 Å². The quantitative estimate of drug-likeness (QED) is 0.630. The first-order chi connectivity index (χ1) is 11.4. The van der Waals surface area contributed by atoms with Gasteiger partial charge in [0, 0.05) is 17.6 Å². The van der Waals surface area contributed by atoms with Gasteiger partial charge in [-0.3, -0.25) is 0 Å². The van der Waals surface area contributed by atoms with Gasteiger partial charge in [-0.1, -0.05) is 18.2 Å². The van der Waals surface area contributed by atoms with Gasteiger partial charge in [-0.2, -0.15) is 0 Å². The molecule has 0 amide bonds. The number of pyridine rings is 1. The molecule has 1 aromatic carbocycles. The molecular formula is C19H29Cl2N3O2. The second-order valence-electron chi connectivity index (χ2n) is 6.59. The van der Waals surface area contributed by atoms with E-state index < -0.39 is 0 Å². The Kier molecular flexibility index (Phi) is 10.6. The molecule has 4 N–H and O–H groups in total. The highest BCUT2D eigenvalue weighted by Gasteiger charge is 2.18. The summed E-state index contributed by atoms with van der Waals surface area (Å²) >= 11 is 0. The second kappa shape index (κ2) is 11.2. The molecule has 0 bridgehead atoms. The van der Waals surface area contributed by atoms with E-state index in [4.69, 9.17) is 10.5 Å². The zero-order valence-corrected chi connectivity index (χ0v) is 17.1. The highest BCUT2D eigenvalue weighted by molar-refractivity contribution is 5.85. The molecule has 1 aromatic heterocycles. The molecule has 0 fully saturated rings. The van der Waals surface area contributed by atoms with Gasteiger partial charge in [-0.25, -0.2) is 4.98 Å². The smallest absolute Gasteiger partial charge is 0.123 e. The first-order valence-electron chi connectivity index (χ1n) is 8.16. The van der Waals surface area contributed by atoms with Crippen LogP contribution in [-0.4, -0.2) is 22.7 Å². The molecule has 2 aromatic rings. The summed E-state index contributed by atoms with van der Waals surface area (Å²) in [6.07, 6.45) is 1.96. The molecule has 1 heterocycles. The van der Waals surface area contributed by atoms with Crippen LogP contribution in [0.2, 0.25) is 0 Å². The number of aliphatic hydroxyl groups excluding tert-OH is 1. The summed E-state index contributed by atoms with van der Waals surface area (Å²) in [5, 5.41) is 12.9. The van der Waals surface area contributed by atoms with Crippen molar-refractivity contribution in [2.24, 2.45) is 0 Å². The van der Waals surface area contributed by atoms with E-state index in [1.807, 2.05) is 18.2 Å². The number of aromatic nitrogens is 1. The van der Waals surface area contributed by atoms with Gasteiger partial charge in [0.2, 0.25) is 0 Å². The number of aliphatic hydroxyl groups is 1. The van der Waals surface area contributed by atoms with E-state index in [-0.39, 0.29) is 37.0 Å². The van der Waals surface area contributed by atoms with Crippen molar-refractivity contribution in [1.82, 2.24) is 10.3 Å². The molecule has 0 saturated carbocycles. The third kappa shape index (κ3) is 7.38. The largest absolute Gasteiger partial charge is 0.497 e. The van der Waals surface area contributed by atoms with Crippen LogP contribution in [0.3, 0.4) is 0 Å². The molecule has 7 heteroatoms. The predicted octanol–water partition coefficient (Wildman–Crippen LogP) is 3.51. The number of hydrogen-bond donors (Lipinski definition) is 3. The Labute approximate surface area is 168 Å². The Morgan fingerprint density at radius 1 is 1.12 bits per heavy atom. The molecule has 26 heavy (non-hydrogen) atoms. The Bertz CT molecular complexity index is 664.